The van der Waals surface area contributed by atoms with Crippen molar-refractivity contribution in [2.75, 3.05) is 6.54 Å². The van der Waals surface area contributed by atoms with Crippen molar-refractivity contribution in [2.24, 2.45) is 5.73 Å². The van der Waals surface area contributed by atoms with Crippen molar-refractivity contribution in [1.29, 1.82) is 0 Å². The predicted molar refractivity (Wildman–Crippen MR) is 42.8 cm³/mol. The maximum atomic E-state index is 11.2. The van der Waals surface area contributed by atoms with E-state index in [1.165, 1.54) is 6.07 Å². The first kappa shape index (κ1) is 8.96. The number of aryl methyl sites for hydroxylation is 1. The van der Waals surface area contributed by atoms with Gasteiger partial charge in [-0.05, 0) is 19.1 Å². The van der Waals surface area contributed by atoms with E-state index in [2.05, 4.69) is 0 Å². The van der Waals surface area contributed by atoms with Crippen LogP contribution in [-0.4, -0.2) is 23.5 Å². The summed E-state index contributed by atoms with van der Waals surface area (Å²) >= 11 is 0. The van der Waals surface area contributed by atoms with Crippen LogP contribution < -0.4 is 5.73 Å². The Balaban J connectivity index is 2.78. The number of ketones is 1. The van der Waals surface area contributed by atoms with Gasteiger partial charge in [0.1, 0.15) is 11.9 Å². The normalized spacial score (nSPS) is 12.9. The number of nitrogens with two attached hydrogens (primary N) is 1. The number of rotatable bonds is 3. The van der Waals surface area contributed by atoms with E-state index in [-0.39, 0.29) is 12.3 Å². The van der Waals surface area contributed by atoms with Crippen LogP contribution in [0.15, 0.2) is 16.5 Å². The maximum Gasteiger partial charge on any atom is 0.227 e. The molecule has 0 aromatic carbocycles. The SMILES string of the molecule is Cc1ccc(C(=O)C(O)CN)o1. The van der Waals surface area contributed by atoms with Crippen molar-refractivity contribution < 1.29 is 14.3 Å². The fourth-order valence-corrected chi connectivity index (χ4v) is 0.838. The minimum absolute atomic E-state index is 0.0847. The molecular formula is C8H11NO3. The molecule has 1 aromatic heterocycles. The maximum absolute atomic E-state index is 11.2. The van der Waals surface area contributed by atoms with Crippen molar-refractivity contribution in [3.05, 3.63) is 23.7 Å². The largest absolute Gasteiger partial charge is 0.458 e. The van der Waals surface area contributed by atoms with Gasteiger partial charge >= 0.3 is 0 Å². The van der Waals surface area contributed by atoms with Gasteiger partial charge in [0.05, 0.1) is 0 Å². The van der Waals surface area contributed by atoms with Gasteiger partial charge in [0.2, 0.25) is 5.78 Å². The van der Waals surface area contributed by atoms with Crippen molar-refractivity contribution in [3.63, 3.8) is 0 Å². The summed E-state index contributed by atoms with van der Waals surface area (Å²) in [6.07, 6.45) is -1.16. The van der Waals surface area contributed by atoms with E-state index in [4.69, 9.17) is 15.3 Å². The van der Waals surface area contributed by atoms with Crippen molar-refractivity contribution in [3.8, 4) is 0 Å². The Morgan fingerprint density at radius 2 is 2.42 bits per heavy atom. The van der Waals surface area contributed by atoms with Gasteiger partial charge < -0.3 is 15.3 Å². The zero-order chi connectivity index (χ0) is 9.14. The highest BCUT2D eigenvalue weighted by Crippen LogP contribution is 2.08. The molecule has 0 aliphatic heterocycles. The van der Waals surface area contributed by atoms with Crippen LogP contribution in [0.2, 0.25) is 0 Å². The Bertz CT molecular complexity index is 280. The third-order valence-corrected chi connectivity index (χ3v) is 1.51. The molecule has 1 rings (SSSR count). The summed E-state index contributed by atoms with van der Waals surface area (Å²) in [5, 5.41) is 9.05. The molecule has 0 radical (unpaired) electrons. The van der Waals surface area contributed by atoms with E-state index < -0.39 is 11.9 Å². The molecule has 0 amide bonds. The Morgan fingerprint density at radius 1 is 1.75 bits per heavy atom. The fourth-order valence-electron chi connectivity index (χ4n) is 0.838. The van der Waals surface area contributed by atoms with Gasteiger partial charge in [-0.1, -0.05) is 0 Å². The molecule has 0 fully saturated rings. The first-order chi connectivity index (χ1) is 5.65. The third kappa shape index (κ3) is 1.72. The molecule has 1 atom stereocenters. The average Bonchev–Trinajstić information content (AvgIpc) is 2.49. The van der Waals surface area contributed by atoms with Crippen molar-refractivity contribution >= 4 is 5.78 Å². The van der Waals surface area contributed by atoms with Crippen LogP contribution in [0.3, 0.4) is 0 Å². The second kappa shape index (κ2) is 3.51. The van der Waals surface area contributed by atoms with Gasteiger partial charge in [0.15, 0.2) is 5.76 Å². The first-order valence-electron chi connectivity index (χ1n) is 3.64. The van der Waals surface area contributed by atoms with Gasteiger partial charge in [-0.2, -0.15) is 0 Å². The van der Waals surface area contributed by atoms with Crippen LogP contribution in [0.4, 0.5) is 0 Å². The third-order valence-electron chi connectivity index (χ3n) is 1.51. The first-order valence-corrected chi connectivity index (χ1v) is 3.64. The molecule has 0 saturated heterocycles. The van der Waals surface area contributed by atoms with Crippen molar-refractivity contribution in [2.45, 2.75) is 13.0 Å². The summed E-state index contributed by atoms with van der Waals surface area (Å²) < 4.78 is 5.00. The van der Waals surface area contributed by atoms with Crippen LogP contribution in [0.1, 0.15) is 16.3 Å². The Kier molecular flexibility index (Phi) is 2.62. The van der Waals surface area contributed by atoms with E-state index >= 15 is 0 Å². The lowest BCUT2D eigenvalue weighted by atomic mass is 10.2. The lowest BCUT2D eigenvalue weighted by Crippen LogP contribution is -2.28. The van der Waals surface area contributed by atoms with Gasteiger partial charge in [-0.3, -0.25) is 4.79 Å². The molecule has 3 N–H and O–H groups in total. The van der Waals surface area contributed by atoms with Crippen LogP contribution in [0.5, 0.6) is 0 Å². The number of Topliss-reactive ketones (excluding diaryl/α,β-unsaturated/α-hetero) is 1. The molecule has 1 unspecified atom stereocenters. The van der Waals surface area contributed by atoms with Gasteiger partial charge in [-0.25, -0.2) is 0 Å². The second-order valence-electron chi connectivity index (χ2n) is 2.53. The molecule has 66 valence electrons. The number of aliphatic hydroxyl groups is 1. The summed E-state index contributed by atoms with van der Waals surface area (Å²) in [4.78, 5) is 11.2. The lowest BCUT2D eigenvalue weighted by molar-refractivity contribution is 0.0732. The monoisotopic (exact) mass is 169 g/mol. The predicted octanol–water partition coefficient (Wildman–Crippen LogP) is 0.0903. The molecule has 0 bridgehead atoms. The molecule has 12 heavy (non-hydrogen) atoms. The summed E-state index contributed by atoms with van der Waals surface area (Å²) in [6.45, 7) is 1.64. The average molecular weight is 169 g/mol. The van der Waals surface area contributed by atoms with Crippen molar-refractivity contribution in [1.82, 2.24) is 0 Å². The van der Waals surface area contributed by atoms with Gasteiger partial charge in [0.25, 0.3) is 0 Å². The zero-order valence-corrected chi connectivity index (χ0v) is 6.78. The molecule has 0 aliphatic rings. The Morgan fingerprint density at radius 3 is 2.83 bits per heavy atom. The van der Waals surface area contributed by atoms with Crippen LogP contribution in [0.25, 0.3) is 0 Å². The Labute approximate surface area is 70.0 Å². The standard InChI is InChI=1S/C8H11NO3/c1-5-2-3-7(12-5)8(11)6(10)4-9/h2-3,6,10H,4,9H2,1H3. The van der Waals surface area contributed by atoms with Crippen LogP contribution in [0, 0.1) is 6.92 Å². The second-order valence-corrected chi connectivity index (χ2v) is 2.53. The molecule has 4 nitrogen and oxygen atoms in total. The van der Waals surface area contributed by atoms with E-state index in [0.29, 0.717) is 5.76 Å². The van der Waals surface area contributed by atoms with E-state index in [1.807, 2.05) is 0 Å². The zero-order valence-electron chi connectivity index (χ0n) is 6.78. The van der Waals surface area contributed by atoms with Crippen LogP contribution >= 0.6 is 0 Å². The minimum Gasteiger partial charge on any atom is -0.458 e. The molecule has 0 spiro atoms. The number of carbonyl (C=O) groups is 1. The summed E-state index contributed by atoms with van der Waals surface area (Å²) in [5.74, 6) is 0.332. The van der Waals surface area contributed by atoms with Crippen LogP contribution in [-0.2, 0) is 0 Å². The molecule has 1 aromatic rings. The minimum atomic E-state index is -1.16. The number of hydrogen-bond acceptors (Lipinski definition) is 4. The molecule has 4 heteroatoms. The molecular weight excluding hydrogens is 158 g/mol. The smallest absolute Gasteiger partial charge is 0.227 e. The fraction of sp³-hybridized carbons (Fsp3) is 0.375. The van der Waals surface area contributed by atoms with E-state index in [1.54, 1.807) is 13.0 Å². The van der Waals surface area contributed by atoms with E-state index in [9.17, 15) is 4.79 Å². The molecule has 0 saturated carbocycles. The van der Waals surface area contributed by atoms with Gasteiger partial charge in [0, 0.05) is 6.54 Å². The number of furan rings is 1. The Hall–Kier alpha value is -1.13. The lowest BCUT2D eigenvalue weighted by Gasteiger charge is -2.02. The number of aliphatic hydroxyl groups excluding tert-OH is 1. The van der Waals surface area contributed by atoms with Gasteiger partial charge in [-0.15, -0.1) is 0 Å². The highest BCUT2D eigenvalue weighted by atomic mass is 16.4. The summed E-state index contributed by atoms with van der Waals surface area (Å²) in [7, 11) is 0. The summed E-state index contributed by atoms with van der Waals surface area (Å²) in [5.41, 5.74) is 5.10. The molecule has 1 heterocycles. The van der Waals surface area contributed by atoms with E-state index in [0.717, 1.165) is 0 Å². The number of carbonyl (C=O) groups excluding carboxylic acids is 1. The molecule has 0 aliphatic carbocycles. The number of hydrogen-bond donors (Lipinski definition) is 2. The highest BCUT2D eigenvalue weighted by molar-refractivity contribution is 5.97. The highest BCUT2D eigenvalue weighted by Gasteiger charge is 2.18. The summed E-state index contributed by atoms with van der Waals surface area (Å²) in [6, 6.07) is 3.19. The topological polar surface area (TPSA) is 76.5 Å². The quantitative estimate of drug-likeness (QED) is 0.629.